The Labute approximate surface area is 185 Å². The van der Waals surface area contributed by atoms with Crippen molar-refractivity contribution >= 4 is 39.7 Å². The van der Waals surface area contributed by atoms with Crippen molar-refractivity contribution in [3.63, 3.8) is 0 Å². The second-order valence-corrected chi connectivity index (χ2v) is 7.92. The third-order valence-corrected chi connectivity index (χ3v) is 5.64. The smallest absolute Gasteiger partial charge is 0.291 e. The molecule has 162 valence electrons. The summed E-state index contributed by atoms with van der Waals surface area (Å²) < 4.78 is 6.57. The number of nitrogens with one attached hydrogen (secondary N) is 2. The van der Waals surface area contributed by atoms with Gasteiger partial charge in [0.15, 0.2) is 5.76 Å². The normalized spacial score (nSPS) is 10.7. The number of carbonyl (C=O) groups excluding carboxylic acids is 2. The number of anilines is 2. The predicted octanol–water partition coefficient (Wildman–Crippen LogP) is 4.56. The van der Waals surface area contributed by atoms with E-state index in [1.165, 1.54) is 23.1 Å². The lowest BCUT2D eigenvalue weighted by Crippen LogP contribution is -2.14. The average molecular weight is 451 g/mol. The maximum absolute atomic E-state index is 12.9. The average Bonchev–Trinajstić information content (AvgIpc) is 3.48. The molecule has 0 atom stereocenters. The van der Waals surface area contributed by atoms with E-state index in [2.05, 4.69) is 15.7 Å². The molecule has 4 rings (SSSR count). The standard InChI is InChI=1S/C21H17N5O5S/c1-12-10-18(23-20(27)16-4-3-9-31-16)32-19(12)21(28)22-17-11-13(2)24-25(17)14-5-7-15(8-6-14)26(29)30/h3-11H,1-2H3,(H,22,28)(H,23,27). The van der Waals surface area contributed by atoms with Gasteiger partial charge in [0.05, 0.1) is 32.4 Å². The van der Waals surface area contributed by atoms with Gasteiger partial charge in [0.2, 0.25) is 0 Å². The van der Waals surface area contributed by atoms with Crippen molar-refractivity contribution in [3.8, 4) is 5.69 Å². The van der Waals surface area contributed by atoms with Gasteiger partial charge < -0.3 is 15.1 Å². The molecule has 0 radical (unpaired) electrons. The lowest BCUT2D eigenvalue weighted by atomic mass is 10.2. The summed E-state index contributed by atoms with van der Waals surface area (Å²) in [5, 5.41) is 21.3. The third kappa shape index (κ3) is 4.27. The Morgan fingerprint density at radius 2 is 1.84 bits per heavy atom. The maximum Gasteiger partial charge on any atom is 0.291 e. The Bertz CT molecular complexity index is 1310. The van der Waals surface area contributed by atoms with Gasteiger partial charge in [-0.2, -0.15) is 5.10 Å². The Hall–Kier alpha value is -4.25. The molecule has 4 aromatic rings. The highest BCUT2D eigenvalue weighted by molar-refractivity contribution is 7.18. The number of non-ortho nitro benzene ring substituents is 1. The van der Waals surface area contributed by atoms with Crippen LogP contribution in [0, 0.1) is 24.0 Å². The third-order valence-electron chi connectivity index (χ3n) is 4.48. The number of nitrogens with zero attached hydrogens (tertiary/aromatic N) is 3. The van der Waals surface area contributed by atoms with Crippen molar-refractivity contribution in [1.29, 1.82) is 0 Å². The van der Waals surface area contributed by atoms with Gasteiger partial charge >= 0.3 is 0 Å². The van der Waals surface area contributed by atoms with Gasteiger partial charge in [-0.05, 0) is 49.7 Å². The van der Waals surface area contributed by atoms with Crippen LogP contribution in [0.15, 0.2) is 59.2 Å². The summed E-state index contributed by atoms with van der Waals surface area (Å²) in [6.07, 6.45) is 1.41. The van der Waals surface area contributed by atoms with Crippen LogP contribution in [0.5, 0.6) is 0 Å². The number of furan rings is 1. The van der Waals surface area contributed by atoms with Gasteiger partial charge in [-0.15, -0.1) is 11.3 Å². The molecule has 0 bridgehead atoms. The Morgan fingerprint density at radius 1 is 1.09 bits per heavy atom. The van der Waals surface area contributed by atoms with Crippen LogP contribution in [0.3, 0.4) is 0 Å². The van der Waals surface area contributed by atoms with Crippen molar-refractivity contribution in [2.75, 3.05) is 10.6 Å². The fourth-order valence-electron chi connectivity index (χ4n) is 3.02. The highest BCUT2D eigenvalue weighted by Crippen LogP contribution is 2.29. The van der Waals surface area contributed by atoms with Gasteiger partial charge in [-0.1, -0.05) is 0 Å². The monoisotopic (exact) mass is 451 g/mol. The Morgan fingerprint density at radius 3 is 2.50 bits per heavy atom. The molecule has 3 heterocycles. The van der Waals surface area contributed by atoms with Crippen LogP contribution in [0.2, 0.25) is 0 Å². The first kappa shape index (κ1) is 21.0. The van der Waals surface area contributed by atoms with E-state index in [1.54, 1.807) is 50.2 Å². The topological polar surface area (TPSA) is 132 Å². The summed E-state index contributed by atoms with van der Waals surface area (Å²) in [5.74, 6) is -0.191. The second kappa shape index (κ2) is 8.47. The molecule has 0 saturated heterocycles. The highest BCUT2D eigenvalue weighted by Gasteiger charge is 2.19. The quantitative estimate of drug-likeness (QED) is 0.326. The van der Waals surface area contributed by atoms with Crippen molar-refractivity contribution in [1.82, 2.24) is 9.78 Å². The van der Waals surface area contributed by atoms with Crippen LogP contribution in [-0.4, -0.2) is 26.5 Å². The summed E-state index contributed by atoms with van der Waals surface area (Å²) in [5.41, 5.74) is 1.88. The number of thiophene rings is 1. The summed E-state index contributed by atoms with van der Waals surface area (Å²) in [7, 11) is 0. The fourth-order valence-corrected chi connectivity index (χ4v) is 3.99. The van der Waals surface area contributed by atoms with Crippen LogP contribution < -0.4 is 10.6 Å². The summed E-state index contributed by atoms with van der Waals surface area (Å²) in [6, 6.07) is 12.4. The lowest BCUT2D eigenvalue weighted by Gasteiger charge is -2.08. The zero-order chi connectivity index (χ0) is 22.8. The number of benzene rings is 1. The molecule has 0 spiro atoms. The number of amides is 2. The van der Waals surface area contributed by atoms with Crippen LogP contribution in [0.25, 0.3) is 5.69 Å². The molecule has 0 saturated carbocycles. The Balaban J connectivity index is 1.54. The molecule has 0 aliphatic carbocycles. The molecular weight excluding hydrogens is 434 g/mol. The van der Waals surface area contributed by atoms with Gasteiger partial charge in [0.1, 0.15) is 5.82 Å². The molecule has 0 aliphatic heterocycles. The van der Waals surface area contributed by atoms with Crippen molar-refractivity contribution < 1.29 is 18.9 Å². The van der Waals surface area contributed by atoms with Gasteiger partial charge in [-0.25, -0.2) is 4.68 Å². The van der Waals surface area contributed by atoms with Crippen LogP contribution >= 0.6 is 11.3 Å². The molecule has 10 nitrogen and oxygen atoms in total. The molecule has 32 heavy (non-hydrogen) atoms. The molecular formula is C21H17N5O5S. The zero-order valence-electron chi connectivity index (χ0n) is 17.0. The Kier molecular flexibility index (Phi) is 5.56. The van der Waals surface area contributed by atoms with Crippen molar-refractivity contribution in [3.05, 3.63) is 86.8 Å². The summed E-state index contributed by atoms with van der Waals surface area (Å²) >= 11 is 1.14. The molecule has 3 aromatic heterocycles. The molecule has 11 heteroatoms. The van der Waals surface area contributed by atoms with E-state index in [0.29, 0.717) is 32.6 Å². The van der Waals surface area contributed by atoms with Gasteiger partial charge in [0, 0.05) is 18.2 Å². The highest BCUT2D eigenvalue weighted by atomic mass is 32.1. The predicted molar refractivity (Wildman–Crippen MR) is 119 cm³/mol. The first-order chi connectivity index (χ1) is 15.3. The van der Waals surface area contributed by atoms with E-state index in [1.807, 2.05) is 0 Å². The van der Waals surface area contributed by atoms with E-state index in [9.17, 15) is 19.7 Å². The lowest BCUT2D eigenvalue weighted by molar-refractivity contribution is -0.384. The molecule has 2 amide bonds. The number of hydrogen-bond donors (Lipinski definition) is 2. The fraction of sp³-hybridized carbons (Fsp3) is 0.0952. The molecule has 0 fully saturated rings. The largest absolute Gasteiger partial charge is 0.459 e. The number of carbonyl (C=O) groups is 2. The number of rotatable bonds is 6. The number of hydrogen-bond acceptors (Lipinski definition) is 7. The van der Waals surface area contributed by atoms with E-state index in [4.69, 9.17) is 4.42 Å². The maximum atomic E-state index is 12.9. The van der Waals surface area contributed by atoms with Gasteiger partial charge in [0.25, 0.3) is 17.5 Å². The first-order valence-electron chi connectivity index (χ1n) is 9.40. The zero-order valence-corrected chi connectivity index (χ0v) is 17.8. The van der Waals surface area contributed by atoms with Crippen LogP contribution in [-0.2, 0) is 0 Å². The molecule has 2 N–H and O–H groups in total. The summed E-state index contributed by atoms with van der Waals surface area (Å²) in [4.78, 5) is 35.9. The second-order valence-electron chi connectivity index (χ2n) is 6.86. The van der Waals surface area contributed by atoms with Crippen LogP contribution in [0.4, 0.5) is 16.5 Å². The minimum Gasteiger partial charge on any atom is -0.459 e. The van der Waals surface area contributed by atoms with E-state index in [0.717, 1.165) is 11.3 Å². The van der Waals surface area contributed by atoms with Crippen LogP contribution in [0.1, 0.15) is 31.5 Å². The number of aromatic nitrogens is 2. The molecule has 0 aliphatic rings. The number of aryl methyl sites for hydroxylation is 2. The molecule has 0 unspecified atom stereocenters. The first-order valence-corrected chi connectivity index (χ1v) is 10.2. The van der Waals surface area contributed by atoms with E-state index >= 15 is 0 Å². The van der Waals surface area contributed by atoms with Crippen molar-refractivity contribution in [2.24, 2.45) is 0 Å². The van der Waals surface area contributed by atoms with E-state index in [-0.39, 0.29) is 17.4 Å². The SMILES string of the molecule is Cc1cc(NC(=O)c2sc(NC(=O)c3ccco3)cc2C)n(-c2ccc([N+](=O)[O-])cc2)n1. The van der Waals surface area contributed by atoms with E-state index < -0.39 is 10.8 Å². The minimum atomic E-state index is -0.484. The van der Waals surface area contributed by atoms with Gasteiger partial charge in [-0.3, -0.25) is 19.7 Å². The molecule has 1 aromatic carbocycles. The summed E-state index contributed by atoms with van der Waals surface area (Å²) in [6.45, 7) is 3.54. The van der Waals surface area contributed by atoms with Crippen molar-refractivity contribution in [2.45, 2.75) is 13.8 Å². The number of nitro groups is 1. The number of nitro benzene ring substituents is 1. The minimum absolute atomic E-state index is 0.0402.